The van der Waals surface area contributed by atoms with Crippen LogP contribution in [0, 0.1) is 0 Å². The van der Waals surface area contributed by atoms with Gasteiger partial charge in [-0.15, -0.1) is 0 Å². The van der Waals surface area contributed by atoms with Crippen LogP contribution in [0.1, 0.15) is 22.7 Å². The SMILES string of the molecule is O=C(O)C1CNCCc2c1n1c3c(ccc(Cl)c23)CC1. The molecule has 4 nitrogen and oxygen atoms in total. The smallest absolute Gasteiger partial charge is 0.313 e. The minimum absolute atomic E-state index is 0.484. The molecule has 2 aliphatic rings. The van der Waals surface area contributed by atoms with Gasteiger partial charge in [0.2, 0.25) is 0 Å². The van der Waals surface area contributed by atoms with E-state index in [4.69, 9.17) is 11.6 Å². The Morgan fingerprint density at radius 2 is 2.25 bits per heavy atom. The van der Waals surface area contributed by atoms with Crippen molar-refractivity contribution >= 4 is 28.5 Å². The second kappa shape index (κ2) is 4.24. The van der Waals surface area contributed by atoms with Gasteiger partial charge in [0.15, 0.2) is 0 Å². The van der Waals surface area contributed by atoms with Crippen LogP contribution in [0.2, 0.25) is 5.02 Å². The molecule has 0 saturated carbocycles. The number of nitrogens with one attached hydrogen (secondary N) is 1. The van der Waals surface area contributed by atoms with Crippen LogP contribution in [-0.4, -0.2) is 28.7 Å². The Hall–Kier alpha value is -1.52. The molecule has 1 atom stereocenters. The molecule has 1 aromatic heterocycles. The second-order valence-electron chi connectivity index (χ2n) is 5.54. The number of carboxylic acid groups (broad SMARTS) is 1. The first kappa shape index (κ1) is 12.2. The average Bonchev–Trinajstić information content (AvgIpc) is 2.88. The first-order chi connectivity index (χ1) is 9.68. The number of carboxylic acids is 1. The molecule has 20 heavy (non-hydrogen) atoms. The van der Waals surface area contributed by atoms with Gasteiger partial charge >= 0.3 is 5.97 Å². The number of fused-ring (bicyclic) bond motifs is 3. The van der Waals surface area contributed by atoms with Crippen molar-refractivity contribution < 1.29 is 9.90 Å². The number of benzene rings is 1. The first-order valence-corrected chi connectivity index (χ1v) is 7.32. The third-order valence-corrected chi connectivity index (χ3v) is 4.83. The zero-order valence-corrected chi connectivity index (χ0v) is 11.7. The minimum Gasteiger partial charge on any atom is -0.481 e. The highest BCUT2D eigenvalue weighted by Crippen LogP contribution is 2.41. The Morgan fingerprint density at radius 1 is 1.40 bits per heavy atom. The fraction of sp³-hybridized carbons (Fsp3) is 0.400. The quantitative estimate of drug-likeness (QED) is 0.846. The predicted octanol–water partition coefficient (Wildman–Crippen LogP) is 2.16. The standard InChI is InChI=1S/C15H15ClN2O2/c16-11-2-1-8-4-6-18-13(8)12(11)9-3-5-17-7-10(14(9)18)15(19)20/h1-2,10,17H,3-7H2,(H,19,20). The van der Waals surface area contributed by atoms with Crippen LogP contribution in [0.15, 0.2) is 12.1 Å². The highest BCUT2D eigenvalue weighted by atomic mass is 35.5. The lowest BCUT2D eigenvalue weighted by molar-refractivity contribution is -0.138. The van der Waals surface area contributed by atoms with Crippen molar-refractivity contribution in [3.05, 3.63) is 34.0 Å². The maximum atomic E-state index is 11.6. The van der Waals surface area contributed by atoms with Gasteiger partial charge in [-0.2, -0.15) is 0 Å². The van der Waals surface area contributed by atoms with Crippen LogP contribution < -0.4 is 5.32 Å². The van der Waals surface area contributed by atoms with E-state index in [1.54, 1.807) is 0 Å². The second-order valence-corrected chi connectivity index (χ2v) is 5.95. The highest BCUT2D eigenvalue weighted by molar-refractivity contribution is 6.36. The van der Waals surface area contributed by atoms with Crippen LogP contribution in [0.3, 0.4) is 0 Å². The third-order valence-electron chi connectivity index (χ3n) is 4.52. The largest absolute Gasteiger partial charge is 0.481 e. The van der Waals surface area contributed by atoms with Crippen LogP contribution in [0.4, 0.5) is 0 Å². The van der Waals surface area contributed by atoms with Gasteiger partial charge in [0, 0.05) is 24.2 Å². The lowest BCUT2D eigenvalue weighted by Crippen LogP contribution is -2.26. The molecule has 0 amide bonds. The van der Waals surface area contributed by atoms with E-state index in [2.05, 4.69) is 16.0 Å². The van der Waals surface area contributed by atoms with Crippen molar-refractivity contribution in [2.24, 2.45) is 0 Å². The monoisotopic (exact) mass is 290 g/mol. The molecule has 2 aromatic rings. The van der Waals surface area contributed by atoms with Crippen molar-refractivity contribution in [2.75, 3.05) is 13.1 Å². The topological polar surface area (TPSA) is 54.3 Å². The van der Waals surface area contributed by atoms with Crippen LogP contribution in [0.5, 0.6) is 0 Å². The number of aromatic nitrogens is 1. The van der Waals surface area contributed by atoms with Crippen molar-refractivity contribution in [1.82, 2.24) is 9.88 Å². The van der Waals surface area contributed by atoms with Gasteiger partial charge in [-0.05, 0) is 36.6 Å². The third kappa shape index (κ3) is 1.49. The molecule has 104 valence electrons. The molecule has 0 radical (unpaired) electrons. The lowest BCUT2D eigenvalue weighted by Gasteiger charge is -2.14. The molecule has 4 rings (SSSR count). The molecule has 0 bridgehead atoms. The number of nitrogens with zero attached hydrogens (tertiary/aromatic N) is 1. The van der Waals surface area contributed by atoms with Crippen molar-refractivity contribution in [3.8, 4) is 0 Å². The minimum atomic E-state index is -0.760. The maximum absolute atomic E-state index is 11.6. The first-order valence-electron chi connectivity index (χ1n) is 6.94. The van der Waals surface area contributed by atoms with Gasteiger partial charge in [-0.25, -0.2) is 0 Å². The Kier molecular flexibility index (Phi) is 2.59. The summed E-state index contributed by atoms with van der Waals surface area (Å²) in [5.74, 6) is -1.24. The molecule has 2 N–H and O–H groups in total. The van der Waals surface area contributed by atoms with E-state index in [0.29, 0.717) is 6.54 Å². The molecule has 2 aliphatic heterocycles. The number of hydrogen-bond acceptors (Lipinski definition) is 2. The summed E-state index contributed by atoms with van der Waals surface area (Å²) in [5, 5.41) is 14.6. The van der Waals surface area contributed by atoms with Gasteiger partial charge in [0.1, 0.15) is 5.92 Å². The summed E-state index contributed by atoms with van der Waals surface area (Å²) in [5.41, 5.74) is 4.54. The molecule has 3 heterocycles. The molecule has 0 aliphatic carbocycles. The fourth-order valence-electron chi connectivity index (χ4n) is 3.69. The Morgan fingerprint density at radius 3 is 3.05 bits per heavy atom. The highest BCUT2D eigenvalue weighted by Gasteiger charge is 2.33. The zero-order valence-electron chi connectivity index (χ0n) is 10.9. The van der Waals surface area contributed by atoms with E-state index in [1.165, 1.54) is 5.56 Å². The zero-order chi connectivity index (χ0) is 13.9. The summed E-state index contributed by atoms with van der Waals surface area (Å²) in [6.07, 6.45) is 1.81. The number of aliphatic carboxylic acids is 1. The van der Waals surface area contributed by atoms with Gasteiger partial charge in [0.05, 0.1) is 10.5 Å². The van der Waals surface area contributed by atoms with Crippen LogP contribution in [0.25, 0.3) is 10.9 Å². The maximum Gasteiger partial charge on any atom is 0.313 e. The lowest BCUT2D eigenvalue weighted by atomic mass is 9.98. The summed E-state index contributed by atoms with van der Waals surface area (Å²) in [4.78, 5) is 11.6. The van der Waals surface area contributed by atoms with Gasteiger partial charge in [-0.1, -0.05) is 17.7 Å². The number of aryl methyl sites for hydroxylation is 2. The average molecular weight is 291 g/mol. The Balaban J connectivity index is 2.11. The Bertz CT molecular complexity index is 735. The molecule has 0 fully saturated rings. The van der Waals surface area contributed by atoms with Gasteiger partial charge in [0.25, 0.3) is 0 Å². The number of hydrogen-bond donors (Lipinski definition) is 2. The molecular formula is C15H15ClN2O2. The summed E-state index contributed by atoms with van der Waals surface area (Å²) in [6, 6.07) is 4.02. The van der Waals surface area contributed by atoms with Crippen LogP contribution >= 0.6 is 11.6 Å². The summed E-state index contributed by atoms with van der Waals surface area (Å²) < 4.78 is 2.19. The molecule has 0 spiro atoms. The molecule has 5 heteroatoms. The van der Waals surface area contributed by atoms with E-state index in [-0.39, 0.29) is 0 Å². The normalized spacial score (nSPS) is 20.9. The molecule has 0 saturated heterocycles. The van der Waals surface area contributed by atoms with E-state index in [0.717, 1.165) is 53.1 Å². The molecule has 1 unspecified atom stereocenters. The van der Waals surface area contributed by atoms with E-state index in [1.807, 2.05) is 6.07 Å². The van der Waals surface area contributed by atoms with Gasteiger partial charge in [-0.3, -0.25) is 4.79 Å². The number of halogens is 1. The van der Waals surface area contributed by atoms with Crippen LogP contribution in [-0.2, 0) is 24.2 Å². The van der Waals surface area contributed by atoms with Gasteiger partial charge < -0.3 is 15.0 Å². The predicted molar refractivity (Wildman–Crippen MR) is 77.6 cm³/mol. The summed E-state index contributed by atoms with van der Waals surface area (Å²) in [6.45, 7) is 2.16. The number of carbonyl (C=O) groups is 1. The Labute approximate surface area is 121 Å². The molecular weight excluding hydrogens is 276 g/mol. The van der Waals surface area contributed by atoms with E-state index >= 15 is 0 Å². The fourth-order valence-corrected chi connectivity index (χ4v) is 3.96. The van der Waals surface area contributed by atoms with E-state index in [9.17, 15) is 9.90 Å². The summed E-state index contributed by atoms with van der Waals surface area (Å²) >= 11 is 6.41. The van der Waals surface area contributed by atoms with Crippen molar-refractivity contribution in [3.63, 3.8) is 0 Å². The summed E-state index contributed by atoms with van der Waals surface area (Å²) in [7, 11) is 0. The molecule has 1 aromatic carbocycles. The van der Waals surface area contributed by atoms with E-state index < -0.39 is 11.9 Å². The van der Waals surface area contributed by atoms with Crippen molar-refractivity contribution in [2.45, 2.75) is 25.3 Å². The van der Waals surface area contributed by atoms with Crippen molar-refractivity contribution in [1.29, 1.82) is 0 Å². The number of rotatable bonds is 1.